The summed E-state index contributed by atoms with van der Waals surface area (Å²) in [6.07, 6.45) is 7.37. The van der Waals surface area contributed by atoms with E-state index < -0.39 is 0 Å². The third kappa shape index (κ3) is 2.25. The lowest BCUT2D eigenvalue weighted by Crippen LogP contribution is -2.14. The molecule has 0 aliphatic heterocycles. The molecule has 0 aromatic carbocycles. The SMILES string of the molecule is Cn1ccnc1-c1noc(C(N)Cc2cnc[nH]2)n1. The van der Waals surface area contributed by atoms with Gasteiger partial charge in [-0.05, 0) is 0 Å². The number of imidazole rings is 2. The predicted molar refractivity (Wildman–Crippen MR) is 65.7 cm³/mol. The largest absolute Gasteiger partial charge is 0.348 e. The molecule has 3 rings (SSSR count). The molecular weight excluding hydrogens is 246 g/mol. The molecule has 0 bridgehead atoms. The quantitative estimate of drug-likeness (QED) is 0.703. The van der Waals surface area contributed by atoms with Crippen LogP contribution in [-0.2, 0) is 13.5 Å². The first-order chi connectivity index (χ1) is 9.24. The van der Waals surface area contributed by atoms with Gasteiger partial charge in [0.1, 0.15) is 0 Å². The Morgan fingerprint density at radius 2 is 2.42 bits per heavy atom. The molecule has 1 atom stereocenters. The van der Waals surface area contributed by atoms with E-state index in [-0.39, 0.29) is 6.04 Å². The standard InChI is InChI=1S/C11H13N7O/c1-18-3-2-14-10(18)9-16-11(19-17-9)8(12)4-7-5-13-6-15-7/h2-3,5-6,8H,4,12H2,1H3,(H,13,15). The molecule has 19 heavy (non-hydrogen) atoms. The highest BCUT2D eigenvalue weighted by molar-refractivity contribution is 5.42. The highest BCUT2D eigenvalue weighted by Gasteiger charge is 2.18. The van der Waals surface area contributed by atoms with Gasteiger partial charge in [-0.2, -0.15) is 4.98 Å². The van der Waals surface area contributed by atoms with Crippen molar-refractivity contribution in [1.29, 1.82) is 0 Å². The first-order valence-electron chi connectivity index (χ1n) is 5.78. The Morgan fingerprint density at radius 1 is 1.53 bits per heavy atom. The van der Waals surface area contributed by atoms with Crippen LogP contribution in [0.2, 0.25) is 0 Å². The van der Waals surface area contributed by atoms with Crippen LogP contribution in [0, 0.1) is 0 Å². The Balaban J connectivity index is 1.79. The molecule has 98 valence electrons. The van der Waals surface area contributed by atoms with Crippen molar-refractivity contribution in [3.05, 3.63) is 36.5 Å². The molecule has 3 aromatic rings. The summed E-state index contributed by atoms with van der Waals surface area (Å²) < 4.78 is 6.99. The molecule has 0 saturated carbocycles. The number of hydrogen-bond acceptors (Lipinski definition) is 6. The Kier molecular flexibility index (Phi) is 2.84. The van der Waals surface area contributed by atoms with Crippen molar-refractivity contribution in [2.75, 3.05) is 0 Å². The second kappa shape index (κ2) is 4.65. The molecule has 3 N–H and O–H groups in total. The first-order valence-corrected chi connectivity index (χ1v) is 5.78. The van der Waals surface area contributed by atoms with Crippen molar-refractivity contribution in [2.45, 2.75) is 12.5 Å². The van der Waals surface area contributed by atoms with Crippen LogP contribution in [0.5, 0.6) is 0 Å². The highest BCUT2D eigenvalue weighted by Crippen LogP contribution is 2.17. The van der Waals surface area contributed by atoms with E-state index in [0.29, 0.717) is 24.0 Å². The third-order valence-corrected chi connectivity index (χ3v) is 2.77. The number of aromatic amines is 1. The molecule has 0 aliphatic rings. The highest BCUT2D eigenvalue weighted by atomic mass is 16.5. The third-order valence-electron chi connectivity index (χ3n) is 2.77. The van der Waals surface area contributed by atoms with Gasteiger partial charge in [0.15, 0.2) is 5.82 Å². The fourth-order valence-electron chi connectivity index (χ4n) is 1.78. The molecule has 0 spiro atoms. The summed E-state index contributed by atoms with van der Waals surface area (Å²) in [5.41, 5.74) is 6.94. The summed E-state index contributed by atoms with van der Waals surface area (Å²) in [7, 11) is 1.86. The molecule has 0 amide bonds. The van der Waals surface area contributed by atoms with Gasteiger partial charge in [0.2, 0.25) is 11.7 Å². The topological polar surface area (TPSA) is 111 Å². The normalized spacial score (nSPS) is 12.7. The number of nitrogens with zero attached hydrogens (tertiary/aromatic N) is 5. The van der Waals surface area contributed by atoms with E-state index in [2.05, 4.69) is 25.1 Å². The van der Waals surface area contributed by atoms with Crippen LogP contribution in [0.15, 0.2) is 29.4 Å². The minimum atomic E-state index is -0.373. The van der Waals surface area contributed by atoms with Crippen LogP contribution in [0.4, 0.5) is 0 Å². The Labute approximate surface area is 108 Å². The van der Waals surface area contributed by atoms with Gasteiger partial charge in [-0.15, -0.1) is 0 Å². The van der Waals surface area contributed by atoms with E-state index in [1.807, 2.05) is 17.8 Å². The van der Waals surface area contributed by atoms with Crippen molar-refractivity contribution >= 4 is 0 Å². The van der Waals surface area contributed by atoms with E-state index in [0.717, 1.165) is 5.69 Å². The Hall–Kier alpha value is -2.48. The van der Waals surface area contributed by atoms with Gasteiger partial charge in [-0.25, -0.2) is 9.97 Å². The zero-order valence-electron chi connectivity index (χ0n) is 10.3. The second-order valence-corrected chi connectivity index (χ2v) is 4.21. The zero-order valence-corrected chi connectivity index (χ0v) is 10.3. The van der Waals surface area contributed by atoms with E-state index in [9.17, 15) is 0 Å². The van der Waals surface area contributed by atoms with Crippen LogP contribution in [0.3, 0.4) is 0 Å². The summed E-state index contributed by atoms with van der Waals surface area (Å²) in [6.45, 7) is 0. The lowest BCUT2D eigenvalue weighted by molar-refractivity contribution is 0.353. The lowest BCUT2D eigenvalue weighted by Gasteiger charge is -2.03. The Bertz CT molecular complexity index is 654. The average Bonchev–Trinajstić information content (AvgIpc) is 3.08. The zero-order chi connectivity index (χ0) is 13.2. The summed E-state index contributed by atoms with van der Waals surface area (Å²) >= 11 is 0. The van der Waals surface area contributed by atoms with Crippen molar-refractivity contribution in [1.82, 2.24) is 29.7 Å². The molecule has 0 radical (unpaired) electrons. The molecule has 3 heterocycles. The van der Waals surface area contributed by atoms with Crippen molar-refractivity contribution in [3.8, 4) is 11.6 Å². The van der Waals surface area contributed by atoms with E-state index >= 15 is 0 Å². The number of hydrogen-bond donors (Lipinski definition) is 2. The minimum Gasteiger partial charge on any atom is -0.348 e. The first kappa shape index (κ1) is 11.6. The minimum absolute atomic E-state index is 0.373. The lowest BCUT2D eigenvalue weighted by atomic mass is 10.2. The number of nitrogens with two attached hydrogens (primary N) is 1. The summed E-state index contributed by atoms with van der Waals surface area (Å²) in [5.74, 6) is 1.46. The summed E-state index contributed by atoms with van der Waals surface area (Å²) in [6, 6.07) is -0.373. The molecule has 0 aliphatic carbocycles. The number of aryl methyl sites for hydroxylation is 1. The van der Waals surface area contributed by atoms with E-state index in [4.69, 9.17) is 10.3 Å². The van der Waals surface area contributed by atoms with Crippen LogP contribution in [0.25, 0.3) is 11.6 Å². The maximum absolute atomic E-state index is 6.02. The smallest absolute Gasteiger partial charge is 0.244 e. The van der Waals surface area contributed by atoms with Gasteiger partial charge in [0.05, 0.1) is 12.4 Å². The van der Waals surface area contributed by atoms with Gasteiger partial charge in [0.25, 0.3) is 0 Å². The molecule has 1 unspecified atom stereocenters. The van der Waals surface area contributed by atoms with Crippen LogP contribution in [0.1, 0.15) is 17.6 Å². The maximum atomic E-state index is 6.02. The van der Waals surface area contributed by atoms with Crippen LogP contribution in [-0.4, -0.2) is 29.7 Å². The van der Waals surface area contributed by atoms with Crippen molar-refractivity contribution in [2.24, 2.45) is 12.8 Å². The molecule has 3 aromatic heterocycles. The molecule has 8 heteroatoms. The number of nitrogens with one attached hydrogen (secondary N) is 1. The fourth-order valence-corrected chi connectivity index (χ4v) is 1.78. The summed E-state index contributed by atoms with van der Waals surface area (Å²) in [5, 5.41) is 3.89. The van der Waals surface area contributed by atoms with Crippen LogP contribution >= 0.6 is 0 Å². The van der Waals surface area contributed by atoms with Crippen molar-refractivity contribution < 1.29 is 4.52 Å². The molecule has 8 nitrogen and oxygen atoms in total. The maximum Gasteiger partial charge on any atom is 0.244 e. The van der Waals surface area contributed by atoms with Crippen LogP contribution < -0.4 is 5.73 Å². The predicted octanol–water partition coefficient (Wildman–Crippen LogP) is 0.436. The monoisotopic (exact) mass is 259 g/mol. The van der Waals surface area contributed by atoms with Gasteiger partial charge < -0.3 is 19.8 Å². The van der Waals surface area contributed by atoms with Gasteiger partial charge >= 0.3 is 0 Å². The van der Waals surface area contributed by atoms with Gasteiger partial charge in [-0.3, -0.25) is 0 Å². The Morgan fingerprint density at radius 3 is 3.11 bits per heavy atom. The average molecular weight is 259 g/mol. The van der Waals surface area contributed by atoms with E-state index in [1.165, 1.54) is 0 Å². The van der Waals surface area contributed by atoms with E-state index in [1.54, 1.807) is 18.7 Å². The second-order valence-electron chi connectivity index (χ2n) is 4.21. The number of rotatable bonds is 4. The molecule has 0 fully saturated rings. The molecular formula is C11H13N7O. The fraction of sp³-hybridized carbons (Fsp3) is 0.273. The summed E-state index contributed by atoms with van der Waals surface area (Å²) in [4.78, 5) is 15.3. The van der Waals surface area contributed by atoms with Gasteiger partial charge in [-0.1, -0.05) is 5.16 Å². The number of H-pyrrole nitrogens is 1. The number of aromatic nitrogens is 6. The van der Waals surface area contributed by atoms with Gasteiger partial charge in [0, 0.05) is 37.8 Å². The van der Waals surface area contributed by atoms with Crippen molar-refractivity contribution in [3.63, 3.8) is 0 Å². The molecule has 0 saturated heterocycles.